The fourth-order valence-electron chi connectivity index (χ4n) is 0.400. The summed E-state index contributed by atoms with van der Waals surface area (Å²) < 4.78 is 0. The number of hydrogen-bond donors (Lipinski definition) is 2. The molecule has 4 heteroatoms. The van der Waals surface area contributed by atoms with Crippen molar-refractivity contribution in [2.24, 2.45) is 11.7 Å². The smallest absolute Gasteiger partial charge is 0.0103 e. The second kappa shape index (κ2) is 8.84. The number of hydrogen-bond acceptors (Lipinski definition) is 4. The second-order valence-electron chi connectivity index (χ2n) is 2.61. The van der Waals surface area contributed by atoms with Gasteiger partial charge >= 0.3 is 0 Å². The number of likely N-dealkylation sites (N-methyl/N-ethyl adjacent to an activating group) is 2. The lowest BCUT2D eigenvalue weighted by molar-refractivity contribution is 0.320. The Morgan fingerprint density at radius 3 is 1.10 bits per heavy atom. The largest absolute Gasteiger partial charge is 0.308 e. The highest BCUT2D eigenvalue weighted by molar-refractivity contribution is 4.45. The molecule has 0 spiro atoms. The van der Waals surface area contributed by atoms with Gasteiger partial charge in [0.05, 0.1) is 0 Å². The fourth-order valence-corrected chi connectivity index (χ4v) is 0.400. The van der Waals surface area contributed by atoms with E-state index >= 15 is 0 Å². The molecule has 0 aliphatic carbocycles. The maximum absolute atomic E-state index is 4.00. The molecule has 0 heterocycles. The van der Waals surface area contributed by atoms with Gasteiger partial charge in [-0.25, -0.2) is 0 Å². The molecule has 4 nitrogen and oxygen atoms in total. The molecule has 0 radical (unpaired) electrons. The molecular formula is C6H20N4. The Bertz CT molecular complexity index is 45.7. The van der Waals surface area contributed by atoms with Gasteiger partial charge in [-0.05, 0) is 28.2 Å². The van der Waals surface area contributed by atoms with Crippen LogP contribution in [0.4, 0.5) is 0 Å². The molecule has 0 saturated carbocycles. The molecule has 0 aliphatic rings. The molecule has 0 aromatic carbocycles. The highest BCUT2D eigenvalue weighted by Gasteiger charge is 1.89. The minimum absolute atomic E-state index is 1.15. The van der Waals surface area contributed by atoms with E-state index in [0.29, 0.717) is 0 Å². The van der Waals surface area contributed by atoms with E-state index in [1.807, 2.05) is 0 Å². The first-order chi connectivity index (χ1) is 4.63. The average Bonchev–Trinajstić information content (AvgIpc) is 1.89. The minimum Gasteiger partial charge on any atom is -0.308 e. The van der Waals surface area contributed by atoms with Gasteiger partial charge in [0.15, 0.2) is 0 Å². The third-order valence-corrected chi connectivity index (χ3v) is 0.994. The van der Waals surface area contributed by atoms with Crippen LogP contribution in [-0.2, 0) is 0 Å². The first-order valence-corrected chi connectivity index (χ1v) is 3.25. The van der Waals surface area contributed by atoms with E-state index in [2.05, 4.69) is 49.7 Å². The summed E-state index contributed by atoms with van der Waals surface area (Å²) in [5.41, 5.74) is 0. The Balaban J connectivity index is 0. The van der Waals surface area contributed by atoms with Crippen LogP contribution >= 0.6 is 0 Å². The van der Waals surface area contributed by atoms with Gasteiger partial charge in [0.25, 0.3) is 0 Å². The van der Waals surface area contributed by atoms with Crippen molar-refractivity contribution in [2.45, 2.75) is 0 Å². The molecule has 0 aromatic heterocycles. The molecule has 0 atom stereocenters. The van der Waals surface area contributed by atoms with Gasteiger partial charge in [-0.1, -0.05) is 0 Å². The summed E-state index contributed by atoms with van der Waals surface area (Å²) >= 11 is 0. The first-order valence-electron chi connectivity index (χ1n) is 3.25. The van der Waals surface area contributed by atoms with Crippen LogP contribution in [0.15, 0.2) is 0 Å². The minimum atomic E-state index is 1.15. The lowest BCUT2D eigenvalue weighted by atomic mass is 10.5. The normalized spacial score (nSPS) is 9.60. The van der Waals surface area contributed by atoms with Crippen molar-refractivity contribution in [1.29, 1.82) is 0 Å². The van der Waals surface area contributed by atoms with Gasteiger partial charge in [0.1, 0.15) is 0 Å². The second-order valence-corrected chi connectivity index (χ2v) is 2.61. The van der Waals surface area contributed by atoms with Crippen molar-refractivity contribution in [3.8, 4) is 0 Å². The maximum Gasteiger partial charge on any atom is 0.0103 e. The number of nitrogens with zero attached hydrogens (tertiary/aromatic N) is 2. The molecule has 0 amide bonds. The van der Waals surface area contributed by atoms with E-state index in [4.69, 9.17) is 0 Å². The molecular weight excluding hydrogens is 128 g/mol. The monoisotopic (exact) mass is 148 g/mol. The molecule has 0 aromatic rings. The van der Waals surface area contributed by atoms with E-state index in [1.165, 1.54) is 0 Å². The highest BCUT2D eigenvalue weighted by atomic mass is 15.1. The van der Waals surface area contributed by atoms with Gasteiger partial charge in [-0.2, -0.15) is 0 Å². The van der Waals surface area contributed by atoms with Crippen LogP contribution < -0.4 is 11.7 Å². The fraction of sp³-hybridized carbons (Fsp3) is 1.00. The van der Waals surface area contributed by atoms with Gasteiger partial charge in [-0.15, -0.1) is 0 Å². The Hall–Kier alpha value is -0.160. The van der Waals surface area contributed by atoms with Crippen molar-refractivity contribution in [1.82, 2.24) is 9.80 Å². The van der Waals surface area contributed by atoms with Gasteiger partial charge in [0, 0.05) is 13.1 Å². The molecule has 4 N–H and O–H groups in total. The van der Waals surface area contributed by atoms with E-state index in [9.17, 15) is 0 Å². The van der Waals surface area contributed by atoms with Crippen LogP contribution in [0.25, 0.3) is 0 Å². The third-order valence-electron chi connectivity index (χ3n) is 0.994. The summed E-state index contributed by atoms with van der Waals surface area (Å²) in [5.74, 6) is 8.00. The van der Waals surface area contributed by atoms with Crippen molar-refractivity contribution in [3.63, 3.8) is 0 Å². The van der Waals surface area contributed by atoms with Crippen LogP contribution in [0.3, 0.4) is 0 Å². The first kappa shape index (κ1) is 12.5. The summed E-state index contributed by atoms with van der Waals surface area (Å²) in [6.07, 6.45) is 0. The topological polar surface area (TPSA) is 58.5 Å². The Kier molecular flexibility index (Phi) is 11.1. The molecule has 0 fully saturated rings. The zero-order valence-electron chi connectivity index (χ0n) is 7.46. The van der Waals surface area contributed by atoms with E-state index in [0.717, 1.165) is 13.1 Å². The zero-order valence-corrected chi connectivity index (χ0v) is 7.46. The molecule has 0 unspecified atom stereocenters. The maximum atomic E-state index is 4.00. The summed E-state index contributed by atoms with van der Waals surface area (Å²) in [6, 6.07) is 0. The quantitative estimate of drug-likeness (QED) is 0.395. The predicted octanol–water partition coefficient (Wildman–Crippen LogP) is -1.07. The van der Waals surface area contributed by atoms with E-state index < -0.39 is 0 Å². The van der Waals surface area contributed by atoms with Crippen LogP contribution in [0, 0.1) is 0 Å². The van der Waals surface area contributed by atoms with Gasteiger partial charge in [0.2, 0.25) is 0 Å². The van der Waals surface area contributed by atoms with Crippen LogP contribution in [0.5, 0.6) is 0 Å². The third kappa shape index (κ3) is 15.7. The SMILES string of the molecule is CN(C)CCN(C)C.NN. The summed E-state index contributed by atoms with van der Waals surface area (Å²) in [6.45, 7) is 2.29. The number of hydrazine groups is 1. The highest BCUT2D eigenvalue weighted by Crippen LogP contribution is 1.76. The van der Waals surface area contributed by atoms with Crippen molar-refractivity contribution < 1.29 is 0 Å². The van der Waals surface area contributed by atoms with Crippen LogP contribution in [0.1, 0.15) is 0 Å². The van der Waals surface area contributed by atoms with Gasteiger partial charge < -0.3 is 9.80 Å². The summed E-state index contributed by atoms with van der Waals surface area (Å²) in [5, 5.41) is 0. The number of nitrogens with two attached hydrogens (primary N) is 2. The number of rotatable bonds is 3. The van der Waals surface area contributed by atoms with E-state index in [1.54, 1.807) is 0 Å². The van der Waals surface area contributed by atoms with Crippen molar-refractivity contribution >= 4 is 0 Å². The Morgan fingerprint density at radius 1 is 0.800 bits per heavy atom. The molecule has 10 heavy (non-hydrogen) atoms. The molecule has 0 rings (SSSR count). The predicted molar refractivity (Wildman–Crippen MR) is 45.5 cm³/mol. The Morgan fingerprint density at radius 2 is 1.00 bits per heavy atom. The summed E-state index contributed by atoms with van der Waals surface area (Å²) in [7, 11) is 8.35. The van der Waals surface area contributed by atoms with Crippen molar-refractivity contribution in [2.75, 3.05) is 41.3 Å². The van der Waals surface area contributed by atoms with Crippen molar-refractivity contribution in [3.05, 3.63) is 0 Å². The molecule has 0 saturated heterocycles. The lowest BCUT2D eigenvalue weighted by Crippen LogP contribution is -2.25. The average molecular weight is 148 g/mol. The molecule has 0 bridgehead atoms. The lowest BCUT2D eigenvalue weighted by Gasteiger charge is -2.13. The summed E-state index contributed by atoms with van der Waals surface area (Å²) in [4.78, 5) is 4.36. The zero-order chi connectivity index (χ0) is 8.57. The van der Waals surface area contributed by atoms with Crippen LogP contribution in [0.2, 0.25) is 0 Å². The standard InChI is InChI=1S/C6H16N2.H4N2/c1-7(2)5-6-8(3)4;1-2/h5-6H2,1-4H3;1-2H2. The molecule has 64 valence electrons. The Labute approximate surface area is 63.7 Å². The van der Waals surface area contributed by atoms with E-state index in [-0.39, 0.29) is 0 Å². The van der Waals surface area contributed by atoms with Crippen LogP contribution in [-0.4, -0.2) is 51.1 Å². The van der Waals surface area contributed by atoms with Gasteiger partial charge in [-0.3, -0.25) is 11.7 Å². The molecule has 0 aliphatic heterocycles.